The van der Waals surface area contributed by atoms with Gasteiger partial charge >= 0.3 is 0 Å². The largest absolute Gasteiger partial charge is 0.339 e. The summed E-state index contributed by atoms with van der Waals surface area (Å²) in [6.45, 7) is 1.52. The van der Waals surface area contributed by atoms with Gasteiger partial charge in [0.05, 0.1) is 0 Å². The lowest BCUT2D eigenvalue weighted by Gasteiger charge is -2.18. The molecule has 0 amide bonds. The summed E-state index contributed by atoms with van der Waals surface area (Å²) in [6.07, 6.45) is 5.01. The topological polar surface area (TPSA) is 90.1 Å². The number of aromatic nitrogens is 2. The van der Waals surface area contributed by atoms with Crippen LogP contribution in [0.15, 0.2) is 4.52 Å². The molecule has 0 spiro atoms. The van der Waals surface area contributed by atoms with Crippen molar-refractivity contribution in [2.75, 3.05) is 6.26 Å². The van der Waals surface area contributed by atoms with Gasteiger partial charge in [-0.05, 0) is 19.8 Å². The van der Waals surface area contributed by atoms with E-state index in [1.165, 1.54) is 6.92 Å². The van der Waals surface area contributed by atoms with Crippen LogP contribution in [0.1, 0.15) is 49.6 Å². The summed E-state index contributed by atoms with van der Waals surface area (Å²) in [7, 11) is -3.24. The highest BCUT2D eigenvalue weighted by atomic mass is 32.2. The lowest BCUT2D eigenvalue weighted by Crippen LogP contribution is -2.21. The third-order valence-electron chi connectivity index (χ3n) is 3.59. The Morgan fingerprint density at radius 2 is 2.16 bits per heavy atom. The minimum Gasteiger partial charge on any atom is -0.339 e. The van der Waals surface area contributed by atoms with Crippen molar-refractivity contribution < 1.29 is 17.7 Å². The van der Waals surface area contributed by atoms with E-state index in [9.17, 15) is 13.2 Å². The molecule has 6 nitrogen and oxygen atoms in total. The van der Waals surface area contributed by atoms with Crippen LogP contribution in [-0.4, -0.2) is 30.6 Å². The maximum Gasteiger partial charge on any atom is 0.227 e. The fourth-order valence-electron chi connectivity index (χ4n) is 2.19. The molecule has 0 N–H and O–H groups in total. The molecule has 7 heteroatoms. The number of Topliss-reactive ketones (excluding diaryl/α,β-unsaturated/α-hetero) is 1. The van der Waals surface area contributed by atoms with E-state index in [1.807, 2.05) is 0 Å². The lowest BCUT2D eigenvalue weighted by molar-refractivity contribution is -0.124. The Hall–Kier alpha value is -1.24. The summed E-state index contributed by atoms with van der Waals surface area (Å²) in [5.74, 6) is 0.698. The Bertz CT molecular complexity index is 564. The average Bonchev–Trinajstić information content (AvgIpc) is 2.78. The van der Waals surface area contributed by atoms with E-state index < -0.39 is 15.1 Å². The first-order valence-corrected chi connectivity index (χ1v) is 8.37. The molecule has 1 aromatic rings. The van der Waals surface area contributed by atoms with Crippen molar-refractivity contribution >= 4 is 15.6 Å². The Morgan fingerprint density at radius 3 is 2.79 bits per heavy atom. The number of sulfone groups is 1. The standard InChI is InChI=1S/C12H18N2O4S/c1-8(19(2,16)17)12-13-11(18-14-12)7-9-5-3-4-6-10(9)15/h8-9H,3-7H2,1-2H3. The highest BCUT2D eigenvalue weighted by molar-refractivity contribution is 7.90. The van der Waals surface area contributed by atoms with Crippen molar-refractivity contribution in [3.8, 4) is 0 Å². The summed E-state index contributed by atoms with van der Waals surface area (Å²) >= 11 is 0. The van der Waals surface area contributed by atoms with Crippen LogP contribution in [0.3, 0.4) is 0 Å². The van der Waals surface area contributed by atoms with Gasteiger partial charge in [-0.3, -0.25) is 4.79 Å². The molecule has 106 valence electrons. The van der Waals surface area contributed by atoms with Gasteiger partial charge in [0.15, 0.2) is 15.7 Å². The van der Waals surface area contributed by atoms with Gasteiger partial charge in [0.2, 0.25) is 5.89 Å². The molecule has 0 aromatic carbocycles. The molecule has 1 aromatic heterocycles. The van der Waals surface area contributed by atoms with Gasteiger partial charge in [0.25, 0.3) is 0 Å². The van der Waals surface area contributed by atoms with Crippen LogP contribution in [0.5, 0.6) is 0 Å². The highest BCUT2D eigenvalue weighted by Gasteiger charge is 2.27. The van der Waals surface area contributed by atoms with Gasteiger partial charge in [-0.25, -0.2) is 8.42 Å². The zero-order chi connectivity index (χ0) is 14.0. The zero-order valence-electron chi connectivity index (χ0n) is 11.1. The van der Waals surface area contributed by atoms with Gasteiger partial charge in [-0.15, -0.1) is 0 Å². The van der Waals surface area contributed by atoms with Crippen molar-refractivity contribution in [1.29, 1.82) is 0 Å². The molecule has 0 saturated heterocycles. The number of hydrogen-bond donors (Lipinski definition) is 0. The molecule has 1 aliphatic rings. The highest BCUT2D eigenvalue weighted by Crippen LogP contribution is 2.24. The second-order valence-electron chi connectivity index (χ2n) is 5.13. The van der Waals surface area contributed by atoms with E-state index in [0.717, 1.165) is 25.5 Å². The molecular formula is C12H18N2O4S. The smallest absolute Gasteiger partial charge is 0.227 e. The normalized spacial score (nSPS) is 22.4. The molecule has 0 bridgehead atoms. The van der Waals surface area contributed by atoms with Crippen LogP contribution in [0.2, 0.25) is 0 Å². The first-order chi connectivity index (χ1) is 8.88. The van der Waals surface area contributed by atoms with Crippen molar-refractivity contribution in [2.24, 2.45) is 5.92 Å². The molecule has 19 heavy (non-hydrogen) atoms. The number of ketones is 1. The van der Waals surface area contributed by atoms with E-state index in [0.29, 0.717) is 18.7 Å². The van der Waals surface area contributed by atoms with Gasteiger partial charge in [-0.2, -0.15) is 4.98 Å². The monoisotopic (exact) mass is 286 g/mol. The van der Waals surface area contributed by atoms with Crippen molar-refractivity contribution in [1.82, 2.24) is 10.1 Å². The summed E-state index contributed by atoms with van der Waals surface area (Å²) < 4.78 is 27.9. The van der Waals surface area contributed by atoms with E-state index in [2.05, 4.69) is 10.1 Å². The van der Waals surface area contributed by atoms with Gasteiger partial charge < -0.3 is 4.52 Å². The Labute approximate surface area is 112 Å². The van der Waals surface area contributed by atoms with Gasteiger partial charge in [0, 0.05) is 25.0 Å². The van der Waals surface area contributed by atoms with Gasteiger partial charge in [0.1, 0.15) is 11.0 Å². The van der Waals surface area contributed by atoms with Crippen molar-refractivity contribution in [2.45, 2.75) is 44.3 Å². The summed E-state index contributed by atoms with van der Waals surface area (Å²) in [5, 5.41) is 2.91. The van der Waals surface area contributed by atoms with Crippen molar-refractivity contribution in [3.05, 3.63) is 11.7 Å². The predicted molar refractivity (Wildman–Crippen MR) is 68.2 cm³/mol. The third-order valence-corrected chi connectivity index (χ3v) is 5.09. The maximum atomic E-state index is 11.7. The third kappa shape index (κ3) is 3.40. The first kappa shape index (κ1) is 14.2. The Morgan fingerprint density at radius 1 is 1.42 bits per heavy atom. The van der Waals surface area contributed by atoms with Gasteiger partial charge in [-0.1, -0.05) is 11.6 Å². The molecule has 2 unspecified atom stereocenters. The van der Waals surface area contributed by atoms with Crippen molar-refractivity contribution in [3.63, 3.8) is 0 Å². The molecule has 2 rings (SSSR count). The first-order valence-electron chi connectivity index (χ1n) is 6.42. The van der Waals surface area contributed by atoms with Crippen LogP contribution in [0, 0.1) is 5.92 Å². The number of carbonyl (C=O) groups excluding carboxylic acids is 1. The van der Waals surface area contributed by atoms with E-state index >= 15 is 0 Å². The summed E-state index contributed by atoms with van der Waals surface area (Å²) in [4.78, 5) is 15.8. The SMILES string of the molecule is CC(c1noc(CC2CCCCC2=O)n1)S(C)(=O)=O. The molecule has 1 aliphatic carbocycles. The van der Waals surface area contributed by atoms with Crippen LogP contribution in [-0.2, 0) is 21.1 Å². The Balaban J connectivity index is 2.07. The van der Waals surface area contributed by atoms with Crippen LogP contribution in [0.4, 0.5) is 0 Å². The quantitative estimate of drug-likeness (QED) is 0.832. The number of rotatable bonds is 4. The minimum absolute atomic E-state index is 0.0596. The Kier molecular flexibility index (Phi) is 4.03. The van der Waals surface area contributed by atoms with E-state index in [-0.39, 0.29) is 17.5 Å². The lowest BCUT2D eigenvalue weighted by atomic mass is 9.86. The number of nitrogens with zero attached hydrogens (tertiary/aromatic N) is 2. The fraction of sp³-hybridized carbons (Fsp3) is 0.750. The molecule has 2 atom stereocenters. The molecule has 0 radical (unpaired) electrons. The number of carbonyl (C=O) groups is 1. The summed E-state index contributed by atoms with van der Waals surface area (Å²) in [6, 6.07) is 0. The number of hydrogen-bond acceptors (Lipinski definition) is 6. The van der Waals surface area contributed by atoms with Crippen LogP contribution in [0.25, 0.3) is 0 Å². The second-order valence-corrected chi connectivity index (χ2v) is 7.50. The zero-order valence-corrected chi connectivity index (χ0v) is 11.9. The van der Waals surface area contributed by atoms with Crippen LogP contribution >= 0.6 is 0 Å². The average molecular weight is 286 g/mol. The second kappa shape index (κ2) is 5.40. The maximum absolute atomic E-state index is 11.7. The summed E-state index contributed by atoms with van der Waals surface area (Å²) in [5.41, 5.74) is 0. The molecule has 1 fully saturated rings. The van der Waals surface area contributed by atoms with E-state index in [4.69, 9.17) is 4.52 Å². The molecule has 0 aliphatic heterocycles. The fourth-order valence-corrected chi connectivity index (χ4v) is 2.67. The predicted octanol–water partition coefficient (Wildman–Crippen LogP) is 1.48. The van der Waals surface area contributed by atoms with E-state index in [1.54, 1.807) is 0 Å². The van der Waals surface area contributed by atoms with Crippen LogP contribution < -0.4 is 0 Å². The molecule has 1 saturated carbocycles. The minimum atomic E-state index is -3.24. The molecule has 1 heterocycles. The molecular weight excluding hydrogens is 268 g/mol.